The Morgan fingerprint density at radius 1 is 1.12 bits per heavy atom. The van der Waals surface area contributed by atoms with Gasteiger partial charge < -0.3 is 10.8 Å². The minimum absolute atomic E-state index is 0.205. The minimum Gasteiger partial charge on any atom is -0.508 e. The van der Waals surface area contributed by atoms with Crippen molar-refractivity contribution < 1.29 is 5.11 Å². The summed E-state index contributed by atoms with van der Waals surface area (Å²) in [6.07, 6.45) is 1.66. The Hall–Kier alpha value is -1.54. The maximum atomic E-state index is 9.96. The average Bonchev–Trinajstić information content (AvgIpc) is 2.26. The van der Waals surface area contributed by atoms with E-state index in [9.17, 15) is 5.11 Å². The molecule has 0 heterocycles. The van der Waals surface area contributed by atoms with Gasteiger partial charge in [0.1, 0.15) is 5.75 Å². The van der Waals surface area contributed by atoms with Gasteiger partial charge >= 0.3 is 0 Å². The largest absolute Gasteiger partial charge is 0.508 e. The summed E-state index contributed by atoms with van der Waals surface area (Å²) in [4.78, 5) is 0. The molecule has 2 rings (SSSR count). The lowest BCUT2D eigenvalue weighted by atomic mass is 9.93. The Balaban J connectivity index is 2.41. The predicted octanol–water partition coefficient (Wildman–Crippen LogP) is 3.22. The molecule has 0 atom stereocenters. The summed E-state index contributed by atoms with van der Waals surface area (Å²) in [6.45, 7) is 4.02. The number of benzene rings is 2. The van der Waals surface area contributed by atoms with Crippen molar-refractivity contribution in [2.75, 3.05) is 0 Å². The SMILES string of the molecule is CC(C)(N)CCc1c(O)ccc2ccccc12. The maximum Gasteiger partial charge on any atom is 0.119 e. The molecule has 0 amide bonds. The number of hydrogen-bond donors (Lipinski definition) is 2. The van der Waals surface area contributed by atoms with Crippen molar-refractivity contribution in [2.45, 2.75) is 32.2 Å². The normalized spacial score (nSPS) is 11.9. The second-order valence-electron chi connectivity index (χ2n) is 5.27. The zero-order chi connectivity index (χ0) is 12.5. The molecular formula is C15H19NO. The molecule has 0 bridgehead atoms. The third kappa shape index (κ3) is 2.77. The number of aromatic hydroxyl groups is 1. The highest BCUT2D eigenvalue weighted by Gasteiger charge is 2.13. The van der Waals surface area contributed by atoms with Gasteiger partial charge in [0, 0.05) is 11.1 Å². The van der Waals surface area contributed by atoms with E-state index in [2.05, 4.69) is 6.07 Å². The second-order valence-corrected chi connectivity index (χ2v) is 5.27. The van der Waals surface area contributed by atoms with Crippen molar-refractivity contribution in [3.05, 3.63) is 42.0 Å². The molecule has 0 aromatic heterocycles. The molecule has 2 aromatic carbocycles. The van der Waals surface area contributed by atoms with Crippen molar-refractivity contribution in [1.29, 1.82) is 0 Å². The number of hydrogen-bond acceptors (Lipinski definition) is 2. The molecule has 0 fully saturated rings. The first-order valence-electron chi connectivity index (χ1n) is 5.96. The lowest BCUT2D eigenvalue weighted by Gasteiger charge is -2.19. The van der Waals surface area contributed by atoms with Crippen molar-refractivity contribution in [3.63, 3.8) is 0 Å². The lowest BCUT2D eigenvalue weighted by Crippen LogP contribution is -2.32. The van der Waals surface area contributed by atoms with Crippen LogP contribution in [0.15, 0.2) is 36.4 Å². The minimum atomic E-state index is -0.205. The summed E-state index contributed by atoms with van der Waals surface area (Å²) in [5.41, 5.74) is 6.79. The van der Waals surface area contributed by atoms with Gasteiger partial charge in [-0.05, 0) is 43.5 Å². The first-order valence-corrected chi connectivity index (χ1v) is 5.96. The topological polar surface area (TPSA) is 46.2 Å². The van der Waals surface area contributed by atoms with E-state index in [0.717, 1.165) is 29.2 Å². The van der Waals surface area contributed by atoms with Crippen molar-refractivity contribution in [2.24, 2.45) is 5.73 Å². The zero-order valence-corrected chi connectivity index (χ0v) is 10.4. The third-order valence-corrected chi connectivity index (χ3v) is 3.04. The summed E-state index contributed by atoms with van der Waals surface area (Å²) >= 11 is 0. The molecule has 0 aliphatic carbocycles. The van der Waals surface area contributed by atoms with Gasteiger partial charge in [-0.25, -0.2) is 0 Å². The molecule has 0 radical (unpaired) electrons. The summed E-state index contributed by atoms with van der Waals surface area (Å²) in [6, 6.07) is 11.8. The highest BCUT2D eigenvalue weighted by Crippen LogP contribution is 2.29. The number of fused-ring (bicyclic) bond motifs is 1. The Bertz CT molecular complexity index is 526. The number of rotatable bonds is 3. The van der Waals surface area contributed by atoms with Gasteiger partial charge in [0.2, 0.25) is 0 Å². The van der Waals surface area contributed by atoms with Crippen LogP contribution in [0.2, 0.25) is 0 Å². The Morgan fingerprint density at radius 2 is 1.82 bits per heavy atom. The first kappa shape index (κ1) is 11.9. The number of aryl methyl sites for hydroxylation is 1. The van der Waals surface area contributed by atoms with Crippen molar-refractivity contribution in [1.82, 2.24) is 0 Å². The molecule has 3 N–H and O–H groups in total. The molecule has 2 heteroatoms. The molecule has 0 spiro atoms. The highest BCUT2D eigenvalue weighted by molar-refractivity contribution is 5.87. The van der Waals surface area contributed by atoms with E-state index in [1.165, 1.54) is 0 Å². The van der Waals surface area contributed by atoms with E-state index in [-0.39, 0.29) is 5.54 Å². The average molecular weight is 229 g/mol. The van der Waals surface area contributed by atoms with Crippen LogP contribution in [0.25, 0.3) is 10.8 Å². The molecule has 2 aromatic rings. The van der Waals surface area contributed by atoms with Gasteiger partial charge in [-0.3, -0.25) is 0 Å². The van der Waals surface area contributed by atoms with E-state index in [1.807, 2.05) is 38.1 Å². The van der Waals surface area contributed by atoms with E-state index >= 15 is 0 Å². The molecular weight excluding hydrogens is 210 g/mol. The number of nitrogens with two attached hydrogens (primary N) is 1. The lowest BCUT2D eigenvalue weighted by molar-refractivity contribution is 0.450. The summed E-state index contributed by atoms with van der Waals surface area (Å²) in [7, 11) is 0. The third-order valence-electron chi connectivity index (χ3n) is 3.04. The second kappa shape index (κ2) is 4.38. The number of phenols is 1. The van der Waals surface area contributed by atoms with E-state index in [0.29, 0.717) is 5.75 Å². The fourth-order valence-corrected chi connectivity index (χ4v) is 2.03. The summed E-state index contributed by atoms with van der Waals surface area (Å²) in [5.74, 6) is 0.368. The molecule has 0 saturated carbocycles. The molecule has 2 nitrogen and oxygen atoms in total. The smallest absolute Gasteiger partial charge is 0.119 e. The van der Waals surface area contributed by atoms with Gasteiger partial charge in [0.15, 0.2) is 0 Å². The first-order chi connectivity index (χ1) is 7.97. The van der Waals surface area contributed by atoms with Gasteiger partial charge in [-0.1, -0.05) is 30.3 Å². The standard InChI is InChI=1S/C15H19NO/c1-15(2,16)10-9-13-12-6-4-3-5-11(12)7-8-14(13)17/h3-8,17H,9-10,16H2,1-2H3. The maximum absolute atomic E-state index is 9.96. The molecule has 0 saturated heterocycles. The molecule has 0 aliphatic rings. The van der Waals surface area contributed by atoms with E-state index < -0.39 is 0 Å². The van der Waals surface area contributed by atoms with Crippen LogP contribution in [0.4, 0.5) is 0 Å². The van der Waals surface area contributed by atoms with Gasteiger partial charge in [0.25, 0.3) is 0 Å². The van der Waals surface area contributed by atoms with Crippen LogP contribution in [-0.4, -0.2) is 10.6 Å². The van der Waals surface area contributed by atoms with Crippen LogP contribution in [0, 0.1) is 0 Å². The fourth-order valence-electron chi connectivity index (χ4n) is 2.03. The summed E-state index contributed by atoms with van der Waals surface area (Å²) in [5, 5.41) is 12.2. The van der Waals surface area contributed by atoms with Gasteiger partial charge in [-0.2, -0.15) is 0 Å². The number of phenolic OH excluding ortho intramolecular Hbond substituents is 1. The van der Waals surface area contributed by atoms with Crippen LogP contribution in [0.5, 0.6) is 5.75 Å². The van der Waals surface area contributed by atoms with Gasteiger partial charge in [-0.15, -0.1) is 0 Å². The predicted molar refractivity (Wildman–Crippen MR) is 72.2 cm³/mol. The Morgan fingerprint density at radius 3 is 2.53 bits per heavy atom. The molecule has 0 aliphatic heterocycles. The highest BCUT2D eigenvalue weighted by atomic mass is 16.3. The monoisotopic (exact) mass is 229 g/mol. The van der Waals surface area contributed by atoms with Crippen LogP contribution in [0.3, 0.4) is 0 Å². The quantitative estimate of drug-likeness (QED) is 0.849. The van der Waals surface area contributed by atoms with Crippen LogP contribution >= 0.6 is 0 Å². The Kier molecular flexibility index (Phi) is 3.07. The van der Waals surface area contributed by atoms with E-state index in [4.69, 9.17) is 5.73 Å². The van der Waals surface area contributed by atoms with Crippen LogP contribution < -0.4 is 5.73 Å². The van der Waals surface area contributed by atoms with E-state index in [1.54, 1.807) is 6.07 Å². The van der Waals surface area contributed by atoms with Crippen molar-refractivity contribution >= 4 is 10.8 Å². The molecule has 17 heavy (non-hydrogen) atoms. The Labute approximate surface area is 102 Å². The van der Waals surface area contributed by atoms with Crippen molar-refractivity contribution in [3.8, 4) is 5.75 Å². The summed E-state index contributed by atoms with van der Waals surface area (Å²) < 4.78 is 0. The molecule has 90 valence electrons. The zero-order valence-electron chi connectivity index (χ0n) is 10.4. The fraction of sp³-hybridized carbons (Fsp3) is 0.333. The van der Waals surface area contributed by atoms with Gasteiger partial charge in [0.05, 0.1) is 0 Å². The molecule has 0 unspecified atom stereocenters. The van der Waals surface area contributed by atoms with Crippen LogP contribution in [-0.2, 0) is 6.42 Å². The van der Waals surface area contributed by atoms with Crippen LogP contribution in [0.1, 0.15) is 25.8 Å².